The van der Waals surface area contributed by atoms with E-state index in [1.165, 1.54) is 0 Å². The molecule has 0 atom stereocenters. The highest BCUT2D eigenvalue weighted by atomic mass is 79.9. The molecule has 1 N–H and O–H groups in total. The third kappa shape index (κ3) is 4.26. The number of hydrogen-bond acceptors (Lipinski definition) is 3. The van der Waals surface area contributed by atoms with E-state index in [0.29, 0.717) is 23.4 Å². The number of carbonyl (C=O) groups excluding carboxylic acids is 2. The smallest absolute Gasteiger partial charge is 0.256 e. The van der Waals surface area contributed by atoms with Gasteiger partial charge in [0, 0.05) is 15.7 Å². The van der Waals surface area contributed by atoms with Crippen LogP contribution in [0.5, 0.6) is 0 Å². The summed E-state index contributed by atoms with van der Waals surface area (Å²) >= 11 is 3.35. The van der Waals surface area contributed by atoms with Gasteiger partial charge in [-0.15, -0.1) is 0 Å². The van der Waals surface area contributed by atoms with E-state index >= 15 is 0 Å². The summed E-state index contributed by atoms with van der Waals surface area (Å²) in [6, 6.07) is 14.2. The van der Waals surface area contributed by atoms with Crippen molar-refractivity contribution < 1.29 is 9.59 Å². The Labute approximate surface area is 138 Å². The summed E-state index contributed by atoms with van der Waals surface area (Å²) in [5, 5.41) is 2.81. The van der Waals surface area contributed by atoms with Crippen molar-refractivity contribution in [2.75, 3.05) is 26.0 Å². The minimum atomic E-state index is -0.218. The minimum Gasteiger partial charge on any atom is -0.322 e. The molecule has 22 heavy (non-hydrogen) atoms. The van der Waals surface area contributed by atoms with Crippen molar-refractivity contribution in [3.05, 3.63) is 64.1 Å². The van der Waals surface area contributed by atoms with Crippen LogP contribution in [0, 0.1) is 0 Å². The molecule has 0 aromatic heterocycles. The van der Waals surface area contributed by atoms with E-state index in [4.69, 9.17) is 0 Å². The molecule has 1 amide bonds. The molecule has 2 aromatic rings. The molecular formula is C17H17BrN2O2. The standard InChI is InChI=1S/C17H17BrN2O2/c1-20(2)11-16(21)12-6-5-7-13(10-12)19-17(22)14-8-3-4-9-15(14)18/h3-10H,11H2,1-2H3,(H,19,22). The SMILES string of the molecule is CN(C)CC(=O)c1cccc(NC(=O)c2ccccc2Br)c1. The summed E-state index contributed by atoms with van der Waals surface area (Å²) in [7, 11) is 3.69. The van der Waals surface area contributed by atoms with Gasteiger partial charge in [-0.2, -0.15) is 0 Å². The van der Waals surface area contributed by atoms with E-state index in [-0.39, 0.29) is 11.7 Å². The summed E-state index contributed by atoms with van der Waals surface area (Å²) in [5.74, 6) is -0.202. The number of amides is 1. The Bertz CT molecular complexity index is 699. The largest absolute Gasteiger partial charge is 0.322 e. The lowest BCUT2D eigenvalue weighted by molar-refractivity contribution is 0.0956. The molecule has 2 rings (SSSR count). The number of halogens is 1. The van der Waals surface area contributed by atoms with Crippen LogP contribution in [0.2, 0.25) is 0 Å². The van der Waals surface area contributed by atoms with Crippen molar-refractivity contribution in [1.82, 2.24) is 4.90 Å². The molecule has 0 bridgehead atoms. The van der Waals surface area contributed by atoms with Crippen LogP contribution in [0.15, 0.2) is 53.0 Å². The zero-order chi connectivity index (χ0) is 16.1. The van der Waals surface area contributed by atoms with Crippen LogP contribution in [0.1, 0.15) is 20.7 Å². The lowest BCUT2D eigenvalue weighted by Crippen LogP contribution is -2.21. The van der Waals surface area contributed by atoms with Gasteiger partial charge in [0.05, 0.1) is 12.1 Å². The van der Waals surface area contributed by atoms with Crippen molar-refractivity contribution in [3.8, 4) is 0 Å². The molecule has 5 heteroatoms. The van der Waals surface area contributed by atoms with Crippen molar-refractivity contribution >= 4 is 33.3 Å². The van der Waals surface area contributed by atoms with Crippen LogP contribution < -0.4 is 5.32 Å². The van der Waals surface area contributed by atoms with Gasteiger partial charge in [0.1, 0.15) is 0 Å². The second-order valence-corrected chi connectivity index (χ2v) is 6.03. The van der Waals surface area contributed by atoms with Gasteiger partial charge in [0.15, 0.2) is 5.78 Å². The lowest BCUT2D eigenvalue weighted by atomic mass is 10.1. The molecule has 2 aromatic carbocycles. The maximum Gasteiger partial charge on any atom is 0.256 e. The number of hydrogen-bond donors (Lipinski definition) is 1. The fraction of sp³-hybridized carbons (Fsp3) is 0.176. The number of carbonyl (C=O) groups is 2. The van der Waals surface area contributed by atoms with E-state index in [1.807, 2.05) is 31.1 Å². The average molecular weight is 361 g/mol. The number of anilines is 1. The molecule has 0 aliphatic rings. The Hall–Kier alpha value is -1.98. The Kier molecular flexibility index (Phi) is 5.46. The summed E-state index contributed by atoms with van der Waals surface area (Å²) < 4.78 is 0.729. The number of benzene rings is 2. The molecule has 114 valence electrons. The average Bonchev–Trinajstić information content (AvgIpc) is 2.47. The van der Waals surface area contributed by atoms with Gasteiger partial charge in [-0.1, -0.05) is 24.3 Å². The number of nitrogens with zero attached hydrogens (tertiary/aromatic N) is 1. The fourth-order valence-corrected chi connectivity index (χ4v) is 2.46. The molecule has 0 saturated heterocycles. The zero-order valence-corrected chi connectivity index (χ0v) is 14.1. The summed E-state index contributed by atoms with van der Waals surface area (Å²) in [6.07, 6.45) is 0. The van der Waals surface area contributed by atoms with Gasteiger partial charge in [0.2, 0.25) is 0 Å². The Morgan fingerprint density at radius 1 is 1.09 bits per heavy atom. The van der Waals surface area contributed by atoms with Crippen LogP contribution in [0.4, 0.5) is 5.69 Å². The lowest BCUT2D eigenvalue weighted by Gasteiger charge is -2.10. The number of Topliss-reactive ketones (excluding diaryl/α,β-unsaturated/α-hetero) is 1. The van der Waals surface area contributed by atoms with Gasteiger partial charge >= 0.3 is 0 Å². The maximum absolute atomic E-state index is 12.3. The Morgan fingerprint density at radius 3 is 2.50 bits per heavy atom. The van der Waals surface area contributed by atoms with Gasteiger partial charge in [0.25, 0.3) is 5.91 Å². The van der Waals surface area contributed by atoms with E-state index in [0.717, 1.165) is 4.47 Å². The van der Waals surface area contributed by atoms with E-state index in [1.54, 1.807) is 36.4 Å². The van der Waals surface area contributed by atoms with Gasteiger partial charge < -0.3 is 10.2 Å². The molecule has 0 aliphatic carbocycles. The quantitative estimate of drug-likeness (QED) is 0.830. The minimum absolute atomic E-state index is 0.0157. The van der Waals surface area contributed by atoms with Crippen LogP contribution >= 0.6 is 15.9 Å². The second-order valence-electron chi connectivity index (χ2n) is 5.18. The van der Waals surface area contributed by atoms with E-state index in [9.17, 15) is 9.59 Å². The van der Waals surface area contributed by atoms with E-state index < -0.39 is 0 Å². The topological polar surface area (TPSA) is 49.4 Å². The van der Waals surface area contributed by atoms with Crippen LogP contribution in [0.25, 0.3) is 0 Å². The number of nitrogens with one attached hydrogen (secondary N) is 1. The van der Waals surface area contributed by atoms with E-state index in [2.05, 4.69) is 21.2 Å². The highest BCUT2D eigenvalue weighted by Crippen LogP contribution is 2.18. The maximum atomic E-state index is 12.3. The molecule has 0 fully saturated rings. The molecular weight excluding hydrogens is 344 g/mol. The first kappa shape index (κ1) is 16.4. The molecule has 0 saturated carbocycles. The summed E-state index contributed by atoms with van der Waals surface area (Å²) in [5.41, 5.74) is 1.73. The van der Waals surface area contributed by atoms with Crippen LogP contribution in [-0.4, -0.2) is 37.2 Å². The Balaban J connectivity index is 2.15. The predicted octanol–water partition coefficient (Wildman–Crippen LogP) is 3.45. The third-order valence-electron chi connectivity index (χ3n) is 3.02. The van der Waals surface area contributed by atoms with Crippen molar-refractivity contribution in [3.63, 3.8) is 0 Å². The molecule has 0 heterocycles. The first-order valence-corrected chi connectivity index (χ1v) is 7.60. The molecule has 0 aliphatic heterocycles. The highest BCUT2D eigenvalue weighted by Gasteiger charge is 2.11. The highest BCUT2D eigenvalue weighted by molar-refractivity contribution is 9.10. The normalized spacial score (nSPS) is 10.5. The molecule has 0 radical (unpaired) electrons. The second kappa shape index (κ2) is 7.33. The first-order chi connectivity index (χ1) is 10.5. The first-order valence-electron chi connectivity index (χ1n) is 6.81. The van der Waals surface area contributed by atoms with Crippen molar-refractivity contribution in [1.29, 1.82) is 0 Å². The van der Waals surface area contributed by atoms with Gasteiger partial charge in [-0.25, -0.2) is 0 Å². The number of rotatable bonds is 5. The Morgan fingerprint density at radius 2 is 1.82 bits per heavy atom. The van der Waals surface area contributed by atoms with Gasteiger partial charge in [-0.05, 0) is 54.3 Å². The predicted molar refractivity (Wildman–Crippen MR) is 91.4 cm³/mol. The zero-order valence-electron chi connectivity index (χ0n) is 12.5. The number of ketones is 1. The van der Waals surface area contributed by atoms with Crippen molar-refractivity contribution in [2.24, 2.45) is 0 Å². The molecule has 0 spiro atoms. The molecule has 0 unspecified atom stereocenters. The summed E-state index contributed by atoms with van der Waals surface area (Å²) in [6.45, 7) is 0.335. The number of likely N-dealkylation sites (N-methyl/N-ethyl adjacent to an activating group) is 1. The van der Waals surface area contributed by atoms with Crippen molar-refractivity contribution in [2.45, 2.75) is 0 Å². The van der Waals surface area contributed by atoms with Crippen LogP contribution in [-0.2, 0) is 0 Å². The third-order valence-corrected chi connectivity index (χ3v) is 3.71. The van der Waals surface area contributed by atoms with Crippen LogP contribution in [0.3, 0.4) is 0 Å². The van der Waals surface area contributed by atoms with Gasteiger partial charge in [-0.3, -0.25) is 9.59 Å². The fourth-order valence-electron chi connectivity index (χ4n) is 1.99. The monoisotopic (exact) mass is 360 g/mol. The summed E-state index contributed by atoms with van der Waals surface area (Å²) in [4.78, 5) is 26.1. The molecule has 4 nitrogen and oxygen atoms in total.